The molecule has 0 aromatic carbocycles. The van der Waals surface area contributed by atoms with Crippen LogP contribution in [0.3, 0.4) is 0 Å². The second kappa shape index (κ2) is 4.96. The molecule has 1 heterocycles. The maximum absolute atomic E-state index is 10.9. The van der Waals surface area contributed by atoms with Gasteiger partial charge in [0.15, 0.2) is 0 Å². The van der Waals surface area contributed by atoms with Crippen molar-refractivity contribution in [2.45, 2.75) is 39.0 Å². The minimum Gasteiger partial charge on any atom is -0.462 e. The molecular formula is C10H16O2. The molecule has 0 radical (unpaired) electrons. The Morgan fingerprint density at radius 3 is 2.92 bits per heavy atom. The van der Waals surface area contributed by atoms with Gasteiger partial charge in [-0.25, -0.2) is 4.79 Å². The van der Waals surface area contributed by atoms with Crippen LogP contribution in [0.2, 0.25) is 0 Å². The van der Waals surface area contributed by atoms with Crippen molar-refractivity contribution in [2.24, 2.45) is 0 Å². The Hall–Kier alpha value is -0.790. The zero-order chi connectivity index (χ0) is 8.81. The number of carbonyl (C=O) groups is 1. The lowest BCUT2D eigenvalue weighted by Gasteiger charge is -1.93. The lowest BCUT2D eigenvalue weighted by atomic mass is 10.1. The van der Waals surface area contributed by atoms with Crippen LogP contribution in [0.25, 0.3) is 0 Å². The lowest BCUT2D eigenvalue weighted by Crippen LogP contribution is -1.94. The Morgan fingerprint density at radius 2 is 2.33 bits per heavy atom. The number of carbonyl (C=O) groups excluding carboxylic acids is 1. The second-order valence-corrected chi connectivity index (χ2v) is 3.11. The molecule has 2 heteroatoms. The zero-order valence-corrected chi connectivity index (χ0v) is 7.64. The fourth-order valence-corrected chi connectivity index (χ4v) is 1.30. The topological polar surface area (TPSA) is 26.3 Å². The molecule has 1 saturated heterocycles. The van der Waals surface area contributed by atoms with Crippen LogP contribution >= 0.6 is 0 Å². The molecule has 0 atom stereocenters. The van der Waals surface area contributed by atoms with Crippen LogP contribution in [0.4, 0.5) is 0 Å². The van der Waals surface area contributed by atoms with Crippen LogP contribution in [-0.2, 0) is 9.53 Å². The van der Waals surface area contributed by atoms with Gasteiger partial charge in [-0.1, -0.05) is 25.8 Å². The van der Waals surface area contributed by atoms with Gasteiger partial charge in [0.05, 0.1) is 6.61 Å². The number of ether oxygens (including phenoxy) is 1. The molecule has 0 amide bonds. The first-order valence-electron chi connectivity index (χ1n) is 4.70. The lowest BCUT2D eigenvalue weighted by molar-refractivity contribution is -0.135. The first-order valence-corrected chi connectivity index (χ1v) is 4.70. The average Bonchev–Trinajstić information content (AvgIpc) is 2.46. The summed E-state index contributed by atoms with van der Waals surface area (Å²) in [5.41, 5.74) is 0.881. The number of hydrogen-bond donors (Lipinski definition) is 0. The van der Waals surface area contributed by atoms with E-state index in [9.17, 15) is 4.79 Å². The number of cyclic esters (lactones) is 1. The Labute approximate surface area is 73.6 Å². The normalized spacial score (nSPS) is 20.1. The summed E-state index contributed by atoms with van der Waals surface area (Å²) in [6.45, 7) is 2.76. The van der Waals surface area contributed by atoms with Crippen LogP contribution < -0.4 is 0 Å². The molecular weight excluding hydrogens is 152 g/mol. The summed E-state index contributed by atoms with van der Waals surface area (Å²) >= 11 is 0. The highest BCUT2D eigenvalue weighted by Crippen LogP contribution is 2.14. The number of allylic oxidation sites excluding steroid dienone is 1. The van der Waals surface area contributed by atoms with E-state index in [4.69, 9.17) is 4.74 Å². The standard InChI is InChI=1S/C10H16O2/c1-2-3-4-5-6-9-7-8-12-10(9)11/h6H,2-5,7-8H2,1H3/b9-6-. The minimum atomic E-state index is -0.105. The molecule has 0 aromatic heterocycles. The second-order valence-electron chi connectivity index (χ2n) is 3.11. The molecule has 0 saturated carbocycles. The van der Waals surface area contributed by atoms with Crippen molar-refractivity contribution in [3.05, 3.63) is 11.6 Å². The first-order chi connectivity index (χ1) is 5.84. The van der Waals surface area contributed by atoms with Crippen molar-refractivity contribution in [1.82, 2.24) is 0 Å². The van der Waals surface area contributed by atoms with Crippen LogP contribution in [0, 0.1) is 0 Å². The van der Waals surface area contributed by atoms with Gasteiger partial charge in [-0.15, -0.1) is 0 Å². The van der Waals surface area contributed by atoms with E-state index in [1.54, 1.807) is 0 Å². The molecule has 0 aromatic rings. The van der Waals surface area contributed by atoms with E-state index >= 15 is 0 Å². The largest absolute Gasteiger partial charge is 0.462 e. The van der Waals surface area contributed by atoms with Gasteiger partial charge in [0.25, 0.3) is 0 Å². The Kier molecular flexibility index (Phi) is 3.85. The van der Waals surface area contributed by atoms with E-state index in [0.29, 0.717) is 6.61 Å². The molecule has 1 aliphatic heterocycles. The van der Waals surface area contributed by atoms with Gasteiger partial charge >= 0.3 is 5.97 Å². The van der Waals surface area contributed by atoms with Crippen molar-refractivity contribution in [3.63, 3.8) is 0 Å². The van der Waals surface area contributed by atoms with Crippen molar-refractivity contribution in [1.29, 1.82) is 0 Å². The van der Waals surface area contributed by atoms with E-state index in [0.717, 1.165) is 18.4 Å². The molecule has 0 N–H and O–H groups in total. The summed E-state index contributed by atoms with van der Waals surface area (Å²) in [5, 5.41) is 0. The molecule has 1 fully saturated rings. The first kappa shape index (κ1) is 9.30. The third-order valence-electron chi connectivity index (χ3n) is 2.07. The summed E-state index contributed by atoms with van der Waals surface area (Å²) in [4.78, 5) is 10.9. The minimum absolute atomic E-state index is 0.105. The van der Waals surface area contributed by atoms with Gasteiger partial charge in [-0.3, -0.25) is 0 Å². The highest BCUT2D eigenvalue weighted by Gasteiger charge is 2.17. The number of hydrogen-bond acceptors (Lipinski definition) is 2. The third-order valence-corrected chi connectivity index (χ3v) is 2.07. The highest BCUT2D eigenvalue weighted by molar-refractivity contribution is 5.90. The molecule has 0 aliphatic carbocycles. The van der Waals surface area contributed by atoms with Crippen LogP contribution in [0.5, 0.6) is 0 Å². The smallest absolute Gasteiger partial charge is 0.333 e. The predicted octanol–water partition coefficient (Wildman–Crippen LogP) is 2.44. The highest BCUT2D eigenvalue weighted by atomic mass is 16.5. The third kappa shape index (κ3) is 2.68. The fourth-order valence-electron chi connectivity index (χ4n) is 1.30. The Bertz CT molecular complexity index is 182. The number of esters is 1. The summed E-state index contributed by atoms with van der Waals surface area (Å²) in [7, 11) is 0. The SMILES string of the molecule is CCCCC/C=C1/CCOC1=O. The Morgan fingerprint density at radius 1 is 1.50 bits per heavy atom. The Balaban J connectivity index is 2.22. The van der Waals surface area contributed by atoms with Crippen molar-refractivity contribution in [2.75, 3.05) is 6.61 Å². The van der Waals surface area contributed by atoms with Gasteiger partial charge in [0.2, 0.25) is 0 Å². The van der Waals surface area contributed by atoms with Crippen molar-refractivity contribution >= 4 is 5.97 Å². The van der Waals surface area contributed by atoms with E-state index in [1.165, 1.54) is 19.3 Å². The van der Waals surface area contributed by atoms with E-state index in [-0.39, 0.29) is 5.97 Å². The summed E-state index contributed by atoms with van der Waals surface area (Å²) < 4.78 is 4.82. The zero-order valence-electron chi connectivity index (χ0n) is 7.64. The van der Waals surface area contributed by atoms with E-state index in [2.05, 4.69) is 6.92 Å². The predicted molar refractivity (Wildman–Crippen MR) is 47.8 cm³/mol. The van der Waals surface area contributed by atoms with Gasteiger partial charge < -0.3 is 4.74 Å². The summed E-state index contributed by atoms with van der Waals surface area (Å²) in [5.74, 6) is -0.105. The number of rotatable bonds is 4. The van der Waals surface area contributed by atoms with E-state index in [1.807, 2.05) is 6.08 Å². The van der Waals surface area contributed by atoms with Crippen LogP contribution in [0.1, 0.15) is 39.0 Å². The van der Waals surface area contributed by atoms with E-state index < -0.39 is 0 Å². The molecule has 1 rings (SSSR count). The summed E-state index contributed by atoms with van der Waals surface area (Å²) in [6, 6.07) is 0. The molecule has 2 nitrogen and oxygen atoms in total. The summed E-state index contributed by atoms with van der Waals surface area (Å²) in [6.07, 6.45) is 7.54. The maximum atomic E-state index is 10.9. The molecule has 0 spiro atoms. The van der Waals surface area contributed by atoms with Crippen molar-refractivity contribution < 1.29 is 9.53 Å². The van der Waals surface area contributed by atoms with Crippen molar-refractivity contribution in [3.8, 4) is 0 Å². The molecule has 0 unspecified atom stereocenters. The molecule has 68 valence electrons. The molecule has 1 aliphatic rings. The fraction of sp³-hybridized carbons (Fsp3) is 0.700. The number of unbranched alkanes of at least 4 members (excludes halogenated alkanes) is 3. The maximum Gasteiger partial charge on any atom is 0.333 e. The average molecular weight is 168 g/mol. The van der Waals surface area contributed by atoms with Gasteiger partial charge in [0, 0.05) is 12.0 Å². The molecule has 12 heavy (non-hydrogen) atoms. The van der Waals surface area contributed by atoms with Gasteiger partial charge in [-0.05, 0) is 12.8 Å². The quantitative estimate of drug-likeness (QED) is 0.366. The molecule has 0 bridgehead atoms. The van der Waals surface area contributed by atoms with Gasteiger partial charge in [0.1, 0.15) is 0 Å². The monoisotopic (exact) mass is 168 g/mol. The van der Waals surface area contributed by atoms with Gasteiger partial charge in [-0.2, -0.15) is 0 Å². The van der Waals surface area contributed by atoms with Crippen LogP contribution in [0.15, 0.2) is 11.6 Å². The van der Waals surface area contributed by atoms with Crippen LogP contribution in [-0.4, -0.2) is 12.6 Å².